The van der Waals surface area contributed by atoms with E-state index in [0.29, 0.717) is 17.9 Å². The molecule has 1 saturated heterocycles. The smallest absolute Gasteiger partial charge is 0.261 e. The highest BCUT2D eigenvalue weighted by Gasteiger charge is 2.35. The zero-order valence-electron chi connectivity index (χ0n) is 14.1. The van der Waals surface area contributed by atoms with Gasteiger partial charge in [0, 0.05) is 6.04 Å². The van der Waals surface area contributed by atoms with Crippen molar-refractivity contribution in [3.63, 3.8) is 0 Å². The molecule has 1 aromatic carbocycles. The van der Waals surface area contributed by atoms with E-state index in [-0.39, 0.29) is 36.6 Å². The molecule has 1 aliphatic heterocycles. The van der Waals surface area contributed by atoms with E-state index in [1.54, 1.807) is 23.1 Å². The summed E-state index contributed by atoms with van der Waals surface area (Å²) in [7, 11) is -3.09. The van der Waals surface area contributed by atoms with E-state index in [9.17, 15) is 13.2 Å². The van der Waals surface area contributed by atoms with E-state index in [2.05, 4.69) is 0 Å². The van der Waals surface area contributed by atoms with Gasteiger partial charge >= 0.3 is 0 Å². The van der Waals surface area contributed by atoms with Crippen LogP contribution in [0.5, 0.6) is 5.75 Å². The van der Waals surface area contributed by atoms with Crippen LogP contribution in [0.4, 0.5) is 0 Å². The van der Waals surface area contributed by atoms with Crippen LogP contribution < -0.4 is 4.74 Å². The Hall–Kier alpha value is -2.28. The van der Waals surface area contributed by atoms with E-state index in [4.69, 9.17) is 9.15 Å². The Kier molecular flexibility index (Phi) is 5.13. The van der Waals surface area contributed by atoms with Gasteiger partial charge in [0.2, 0.25) is 0 Å². The average molecular weight is 363 g/mol. The average Bonchev–Trinajstić information content (AvgIpc) is 3.16. The zero-order chi connectivity index (χ0) is 17.9. The molecule has 0 radical (unpaired) electrons. The van der Waals surface area contributed by atoms with Crippen molar-refractivity contribution in [2.75, 3.05) is 18.1 Å². The second-order valence-electron chi connectivity index (χ2n) is 6.19. The van der Waals surface area contributed by atoms with Crippen LogP contribution in [0.1, 0.15) is 17.9 Å². The lowest BCUT2D eigenvalue weighted by atomic mass is 10.2. The number of amides is 1. The minimum Gasteiger partial charge on any atom is -0.484 e. The number of para-hydroxylation sites is 1. The third kappa shape index (κ3) is 4.63. The van der Waals surface area contributed by atoms with Gasteiger partial charge in [-0.05, 0) is 37.6 Å². The largest absolute Gasteiger partial charge is 0.484 e. The first-order valence-electron chi connectivity index (χ1n) is 8.16. The Morgan fingerprint density at radius 1 is 1.24 bits per heavy atom. The summed E-state index contributed by atoms with van der Waals surface area (Å²) in [5.74, 6) is 1.84. The van der Waals surface area contributed by atoms with Gasteiger partial charge in [-0.15, -0.1) is 0 Å². The molecule has 0 saturated carbocycles. The summed E-state index contributed by atoms with van der Waals surface area (Å²) < 4.78 is 34.7. The Morgan fingerprint density at radius 3 is 2.60 bits per heavy atom. The molecule has 2 heterocycles. The lowest BCUT2D eigenvalue weighted by Crippen LogP contribution is -2.43. The fraction of sp³-hybridized carbons (Fsp3) is 0.389. The number of aryl methyl sites for hydroxylation is 1. The molecule has 7 heteroatoms. The number of furan rings is 1. The van der Waals surface area contributed by atoms with Gasteiger partial charge in [0.1, 0.15) is 17.3 Å². The number of ether oxygens (including phenoxy) is 1. The quantitative estimate of drug-likeness (QED) is 0.786. The zero-order valence-corrected chi connectivity index (χ0v) is 14.9. The summed E-state index contributed by atoms with van der Waals surface area (Å²) in [5, 5.41) is 0. The first kappa shape index (κ1) is 17.5. The molecule has 0 aliphatic carbocycles. The predicted octanol–water partition coefficient (Wildman–Crippen LogP) is 2.18. The second kappa shape index (κ2) is 7.31. The maximum Gasteiger partial charge on any atom is 0.261 e. The Morgan fingerprint density at radius 2 is 2.00 bits per heavy atom. The Balaban J connectivity index is 1.71. The van der Waals surface area contributed by atoms with Gasteiger partial charge in [-0.3, -0.25) is 4.79 Å². The highest BCUT2D eigenvalue weighted by atomic mass is 32.2. The molecule has 0 N–H and O–H groups in total. The molecule has 1 unspecified atom stereocenters. The van der Waals surface area contributed by atoms with Crippen LogP contribution in [-0.4, -0.2) is 43.4 Å². The van der Waals surface area contributed by atoms with Crippen LogP contribution in [0.2, 0.25) is 0 Å². The van der Waals surface area contributed by atoms with Crippen LogP contribution in [0, 0.1) is 6.92 Å². The lowest BCUT2D eigenvalue weighted by Gasteiger charge is -2.27. The lowest BCUT2D eigenvalue weighted by molar-refractivity contribution is -0.136. The van der Waals surface area contributed by atoms with Gasteiger partial charge in [0.25, 0.3) is 5.91 Å². The highest BCUT2D eigenvalue weighted by Crippen LogP contribution is 2.21. The van der Waals surface area contributed by atoms with Crippen LogP contribution in [0.15, 0.2) is 46.9 Å². The maximum absolute atomic E-state index is 12.7. The van der Waals surface area contributed by atoms with Gasteiger partial charge in [-0.2, -0.15) is 0 Å². The number of benzene rings is 1. The molecule has 1 aliphatic rings. The van der Waals surface area contributed by atoms with Crippen LogP contribution in [-0.2, 0) is 21.2 Å². The summed E-state index contributed by atoms with van der Waals surface area (Å²) in [4.78, 5) is 14.3. The summed E-state index contributed by atoms with van der Waals surface area (Å²) in [6.07, 6.45) is 0.444. The number of hydrogen-bond acceptors (Lipinski definition) is 5. The third-order valence-electron chi connectivity index (χ3n) is 4.20. The minimum absolute atomic E-state index is 0.0102. The van der Waals surface area contributed by atoms with Crippen LogP contribution in [0.3, 0.4) is 0 Å². The van der Waals surface area contributed by atoms with Gasteiger partial charge in [0.05, 0.1) is 18.1 Å². The fourth-order valence-corrected chi connectivity index (χ4v) is 4.66. The molecule has 1 fully saturated rings. The highest BCUT2D eigenvalue weighted by molar-refractivity contribution is 7.91. The van der Waals surface area contributed by atoms with E-state index in [0.717, 1.165) is 5.76 Å². The van der Waals surface area contributed by atoms with Gasteiger partial charge in [0.15, 0.2) is 16.4 Å². The predicted molar refractivity (Wildman–Crippen MR) is 93.0 cm³/mol. The summed E-state index contributed by atoms with van der Waals surface area (Å²) in [6, 6.07) is 12.3. The molecule has 0 bridgehead atoms. The fourth-order valence-electron chi connectivity index (χ4n) is 2.92. The van der Waals surface area contributed by atoms with Crippen molar-refractivity contribution in [1.82, 2.24) is 4.90 Å². The molecule has 3 rings (SSSR count). The van der Waals surface area contributed by atoms with Gasteiger partial charge in [-0.25, -0.2) is 8.42 Å². The number of hydrogen-bond donors (Lipinski definition) is 0. The molecule has 1 atom stereocenters. The molecular weight excluding hydrogens is 342 g/mol. The SMILES string of the molecule is Cc1ccc(CN(C(=O)COc2ccccc2)C2CCS(=O)(=O)C2)o1. The minimum atomic E-state index is -3.09. The van der Waals surface area contributed by atoms with E-state index in [1.165, 1.54) is 0 Å². The number of rotatable bonds is 6. The summed E-state index contributed by atoms with van der Waals surface area (Å²) in [5.41, 5.74) is 0. The Bertz CT molecular complexity index is 828. The number of sulfone groups is 1. The number of carbonyl (C=O) groups excluding carboxylic acids is 1. The molecule has 2 aromatic rings. The topological polar surface area (TPSA) is 76.8 Å². The van der Waals surface area contributed by atoms with Crippen molar-refractivity contribution < 1.29 is 22.4 Å². The van der Waals surface area contributed by atoms with Gasteiger partial charge in [-0.1, -0.05) is 18.2 Å². The normalized spacial score (nSPS) is 18.8. The van der Waals surface area contributed by atoms with Crippen LogP contribution >= 0.6 is 0 Å². The standard InChI is InChI=1S/C18H21NO5S/c1-14-7-8-17(24-14)11-19(15-9-10-25(21,22)13-15)18(20)12-23-16-5-3-2-4-6-16/h2-8,15H,9-13H2,1H3. The van der Waals surface area contributed by atoms with Crippen molar-refractivity contribution in [3.8, 4) is 5.75 Å². The van der Waals surface area contributed by atoms with Crippen molar-refractivity contribution >= 4 is 15.7 Å². The van der Waals surface area contributed by atoms with Crippen molar-refractivity contribution in [2.24, 2.45) is 0 Å². The summed E-state index contributed by atoms with van der Waals surface area (Å²) in [6.45, 7) is 1.93. The molecular formula is C18H21NO5S. The Labute approximate surface area is 147 Å². The van der Waals surface area contributed by atoms with E-state index >= 15 is 0 Å². The third-order valence-corrected chi connectivity index (χ3v) is 5.95. The molecule has 134 valence electrons. The molecule has 25 heavy (non-hydrogen) atoms. The van der Waals surface area contributed by atoms with Crippen molar-refractivity contribution in [2.45, 2.75) is 25.9 Å². The second-order valence-corrected chi connectivity index (χ2v) is 8.42. The van der Waals surface area contributed by atoms with Crippen molar-refractivity contribution in [3.05, 3.63) is 54.0 Å². The molecule has 0 spiro atoms. The van der Waals surface area contributed by atoms with E-state index in [1.807, 2.05) is 31.2 Å². The summed E-state index contributed by atoms with van der Waals surface area (Å²) >= 11 is 0. The first-order valence-corrected chi connectivity index (χ1v) is 9.98. The molecule has 1 aromatic heterocycles. The molecule has 6 nitrogen and oxygen atoms in total. The van der Waals surface area contributed by atoms with E-state index < -0.39 is 9.84 Å². The maximum atomic E-state index is 12.7. The van der Waals surface area contributed by atoms with Gasteiger partial charge < -0.3 is 14.1 Å². The van der Waals surface area contributed by atoms with Crippen LogP contribution in [0.25, 0.3) is 0 Å². The van der Waals surface area contributed by atoms with Crippen molar-refractivity contribution in [1.29, 1.82) is 0 Å². The monoisotopic (exact) mass is 363 g/mol. The number of carbonyl (C=O) groups is 1. The molecule has 1 amide bonds. The number of nitrogens with zero attached hydrogens (tertiary/aromatic N) is 1. The first-order chi connectivity index (χ1) is 11.9.